The highest BCUT2D eigenvalue weighted by atomic mass is 19.3. The molecule has 1 aromatic carbocycles. The summed E-state index contributed by atoms with van der Waals surface area (Å²) in [5.74, 6) is 0.351. The van der Waals surface area contributed by atoms with Crippen molar-refractivity contribution in [1.29, 1.82) is 0 Å². The number of ether oxygens (including phenoxy) is 1. The number of benzene rings is 1. The number of aromatic nitrogens is 2. The van der Waals surface area contributed by atoms with Crippen LogP contribution in [0.15, 0.2) is 24.3 Å². The Morgan fingerprint density at radius 2 is 2.04 bits per heavy atom. The first-order valence-electron chi connectivity index (χ1n) is 9.46. The first kappa shape index (κ1) is 19.0. The van der Waals surface area contributed by atoms with Gasteiger partial charge in [0.05, 0.1) is 18.8 Å². The van der Waals surface area contributed by atoms with Crippen molar-refractivity contribution in [1.82, 2.24) is 15.1 Å². The molecule has 8 heteroatoms. The zero-order chi connectivity index (χ0) is 19.8. The molecule has 2 aliphatic heterocycles. The first-order chi connectivity index (χ1) is 13.4. The van der Waals surface area contributed by atoms with Crippen molar-refractivity contribution in [3.63, 3.8) is 0 Å². The van der Waals surface area contributed by atoms with Gasteiger partial charge in [0.15, 0.2) is 5.82 Å². The Morgan fingerprint density at radius 3 is 2.79 bits per heavy atom. The topological polar surface area (TPSA) is 61.7 Å². The number of halogens is 2. The van der Waals surface area contributed by atoms with Gasteiger partial charge in [-0.2, -0.15) is 0 Å². The van der Waals surface area contributed by atoms with E-state index in [9.17, 15) is 13.9 Å². The molecule has 0 unspecified atom stereocenters. The third kappa shape index (κ3) is 3.54. The minimum Gasteiger partial charge on any atom is -0.507 e. The van der Waals surface area contributed by atoms with Gasteiger partial charge < -0.3 is 19.6 Å². The summed E-state index contributed by atoms with van der Waals surface area (Å²) in [5, 5.41) is 18.6. The number of likely N-dealkylation sites (tertiary alicyclic amines) is 1. The van der Waals surface area contributed by atoms with Gasteiger partial charge in [-0.3, -0.25) is 0 Å². The number of aryl methyl sites for hydroxylation is 1. The third-order valence-corrected chi connectivity index (χ3v) is 5.54. The van der Waals surface area contributed by atoms with Gasteiger partial charge in [0.1, 0.15) is 11.4 Å². The van der Waals surface area contributed by atoms with E-state index in [4.69, 9.17) is 4.74 Å². The van der Waals surface area contributed by atoms with Crippen molar-refractivity contribution < 1.29 is 18.6 Å². The molecular formula is C20H24F2N4O2. The molecule has 3 heterocycles. The largest absolute Gasteiger partial charge is 0.507 e. The molecule has 2 atom stereocenters. The minimum atomic E-state index is -2.73. The van der Waals surface area contributed by atoms with Crippen molar-refractivity contribution in [3.05, 3.63) is 35.4 Å². The summed E-state index contributed by atoms with van der Waals surface area (Å²) in [4.78, 5) is 4.24. The summed E-state index contributed by atoms with van der Waals surface area (Å²) in [6.07, 6.45) is -1.75. The van der Waals surface area contributed by atoms with Crippen LogP contribution in [0.1, 0.15) is 24.0 Å². The molecule has 2 fully saturated rings. The molecule has 0 spiro atoms. The summed E-state index contributed by atoms with van der Waals surface area (Å²) in [6, 6.07) is 6.35. The molecular weight excluding hydrogens is 366 g/mol. The predicted octanol–water partition coefficient (Wildman–Crippen LogP) is 3.00. The highest BCUT2D eigenvalue weighted by Gasteiger charge is 2.37. The van der Waals surface area contributed by atoms with Crippen molar-refractivity contribution in [2.24, 2.45) is 0 Å². The van der Waals surface area contributed by atoms with Crippen molar-refractivity contribution >= 4 is 5.82 Å². The molecule has 1 N–H and O–H groups in total. The standard InChI is InChI=1S/C20H24F2N4O2/c1-12-3-4-13(16(27)9-12)19-14(20(21)22)10-18(23-24-19)26-7-8-28-17-5-6-25(2)11-15(17)26/h3-4,9-10,15,17,20,27H,5-8,11H2,1-2H3/t15-,17+/m1/s1. The van der Waals surface area contributed by atoms with E-state index < -0.39 is 6.43 Å². The molecule has 150 valence electrons. The van der Waals surface area contributed by atoms with Crippen LogP contribution in [0.4, 0.5) is 14.6 Å². The van der Waals surface area contributed by atoms with Crippen LogP contribution in [0, 0.1) is 6.92 Å². The van der Waals surface area contributed by atoms with Crippen LogP contribution < -0.4 is 4.90 Å². The van der Waals surface area contributed by atoms with E-state index in [1.807, 2.05) is 18.9 Å². The van der Waals surface area contributed by atoms with E-state index in [-0.39, 0.29) is 34.7 Å². The van der Waals surface area contributed by atoms with Gasteiger partial charge in [0.2, 0.25) is 0 Å². The number of phenolic OH excluding ortho intramolecular Hbond substituents is 1. The predicted molar refractivity (Wildman–Crippen MR) is 102 cm³/mol. The fourth-order valence-corrected chi connectivity index (χ4v) is 4.07. The molecule has 2 aromatic rings. The summed E-state index contributed by atoms with van der Waals surface area (Å²) in [5.41, 5.74) is 0.889. The molecule has 28 heavy (non-hydrogen) atoms. The van der Waals surface area contributed by atoms with Crippen LogP contribution in [0.3, 0.4) is 0 Å². The maximum atomic E-state index is 13.9. The Labute approximate surface area is 162 Å². The Kier molecular flexibility index (Phi) is 5.16. The van der Waals surface area contributed by atoms with Gasteiger partial charge >= 0.3 is 0 Å². The SMILES string of the molecule is Cc1ccc(-c2nnc(N3CCO[C@H]4CCN(C)C[C@H]43)cc2C(F)F)c(O)c1. The zero-order valence-electron chi connectivity index (χ0n) is 16.0. The number of piperidine rings is 1. The number of likely N-dealkylation sites (N-methyl/N-ethyl adjacent to an activating group) is 1. The Balaban J connectivity index is 1.72. The molecule has 0 saturated carbocycles. The van der Waals surface area contributed by atoms with E-state index in [1.165, 1.54) is 12.1 Å². The average molecular weight is 390 g/mol. The molecule has 2 saturated heterocycles. The van der Waals surface area contributed by atoms with Gasteiger partial charge in [0.25, 0.3) is 6.43 Å². The number of hydrogen-bond acceptors (Lipinski definition) is 6. The zero-order valence-corrected chi connectivity index (χ0v) is 16.0. The summed E-state index contributed by atoms with van der Waals surface area (Å²) < 4.78 is 33.6. The number of nitrogens with zero attached hydrogens (tertiary/aromatic N) is 4. The number of fused-ring (bicyclic) bond motifs is 1. The summed E-state index contributed by atoms with van der Waals surface area (Å²) in [6.45, 7) is 4.69. The molecule has 0 radical (unpaired) electrons. The highest BCUT2D eigenvalue weighted by molar-refractivity contribution is 5.71. The molecule has 0 amide bonds. The molecule has 6 nitrogen and oxygen atoms in total. The quantitative estimate of drug-likeness (QED) is 0.869. The van der Waals surface area contributed by atoms with E-state index in [2.05, 4.69) is 15.1 Å². The van der Waals surface area contributed by atoms with Crippen LogP contribution in [0.5, 0.6) is 5.75 Å². The van der Waals surface area contributed by atoms with Crippen molar-refractivity contribution in [3.8, 4) is 17.0 Å². The Hall–Kier alpha value is -2.32. The third-order valence-electron chi connectivity index (χ3n) is 5.54. The van der Waals surface area contributed by atoms with Gasteiger partial charge in [-0.05, 0) is 44.2 Å². The fraction of sp³-hybridized carbons (Fsp3) is 0.500. The normalized spacial score (nSPS) is 23.1. The van der Waals surface area contributed by atoms with Crippen molar-refractivity contribution in [2.45, 2.75) is 31.9 Å². The minimum absolute atomic E-state index is 0.0156. The lowest BCUT2D eigenvalue weighted by Gasteiger charge is -2.46. The van der Waals surface area contributed by atoms with Crippen LogP contribution >= 0.6 is 0 Å². The summed E-state index contributed by atoms with van der Waals surface area (Å²) >= 11 is 0. The van der Waals surface area contributed by atoms with Crippen LogP contribution in [-0.4, -0.2) is 65.6 Å². The number of anilines is 1. The van der Waals surface area contributed by atoms with Gasteiger partial charge in [-0.25, -0.2) is 8.78 Å². The average Bonchev–Trinajstić information content (AvgIpc) is 2.67. The van der Waals surface area contributed by atoms with Crippen molar-refractivity contribution in [2.75, 3.05) is 38.2 Å². The van der Waals surface area contributed by atoms with Gasteiger partial charge in [0, 0.05) is 30.8 Å². The fourth-order valence-electron chi connectivity index (χ4n) is 4.07. The Bertz CT molecular complexity index is 864. The van der Waals surface area contributed by atoms with Gasteiger partial charge in [-0.1, -0.05) is 6.07 Å². The maximum Gasteiger partial charge on any atom is 0.266 e. The number of phenols is 1. The number of aromatic hydroxyl groups is 1. The Morgan fingerprint density at radius 1 is 1.21 bits per heavy atom. The number of alkyl halides is 2. The second kappa shape index (κ2) is 7.60. The second-order valence-electron chi connectivity index (χ2n) is 7.55. The summed E-state index contributed by atoms with van der Waals surface area (Å²) in [7, 11) is 2.04. The number of hydrogen-bond donors (Lipinski definition) is 1. The smallest absolute Gasteiger partial charge is 0.266 e. The van der Waals surface area contributed by atoms with E-state index in [1.54, 1.807) is 12.1 Å². The molecule has 2 aliphatic rings. The maximum absolute atomic E-state index is 13.9. The van der Waals surface area contributed by atoms with E-state index >= 15 is 0 Å². The lowest BCUT2D eigenvalue weighted by atomic mass is 9.98. The van der Waals surface area contributed by atoms with E-state index in [0.717, 1.165) is 25.1 Å². The van der Waals surface area contributed by atoms with Gasteiger partial charge in [-0.15, -0.1) is 10.2 Å². The van der Waals surface area contributed by atoms with E-state index in [0.29, 0.717) is 19.0 Å². The highest BCUT2D eigenvalue weighted by Crippen LogP contribution is 2.37. The lowest BCUT2D eigenvalue weighted by Crippen LogP contribution is -2.59. The lowest BCUT2D eigenvalue weighted by molar-refractivity contribution is -0.0246. The first-order valence-corrected chi connectivity index (χ1v) is 9.46. The molecule has 0 bridgehead atoms. The molecule has 0 aliphatic carbocycles. The van der Waals surface area contributed by atoms with Crippen LogP contribution in [0.25, 0.3) is 11.3 Å². The second-order valence-corrected chi connectivity index (χ2v) is 7.55. The number of morpholine rings is 1. The molecule has 4 rings (SSSR count). The number of rotatable bonds is 3. The monoisotopic (exact) mass is 390 g/mol. The van der Waals surface area contributed by atoms with Crippen LogP contribution in [-0.2, 0) is 4.74 Å². The molecule has 1 aromatic heterocycles. The van der Waals surface area contributed by atoms with Crippen LogP contribution in [0.2, 0.25) is 0 Å².